The molecule has 318 valence electrons. The van der Waals surface area contributed by atoms with Gasteiger partial charge in [0, 0.05) is 61.5 Å². The average Bonchev–Trinajstić information content (AvgIpc) is 3.24. The van der Waals surface area contributed by atoms with Crippen LogP contribution in [-0.4, -0.2) is 86.8 Å². The van der Waals surface area contributed by atoms with Gasteiger partial charge >= 0.3 is 6.09 Å². The van der Waals surface area contributed by atoms with E-state index in [1.807, 2.05) is 45.0 Å². The van der Waals surface area contributed by atoms with Crippen LogP contribution in [0.15, 0.2) is 49.3 Å². The van der Waals surface area contributed by atoms with Crippen LogP contribution < -0.4 is 27.0 Å². The first-order valence-electron chi connectivity index (χ1n) is 20.1. The van der Waals surface area contributed by atoms with Gasteiger partial charge in [0.15, 0.2) is 21.2 Å². The van der Waals surface area contributed by atoms with Gasteiger partial charge in [0.05, 0.1) is 48.1 Å². The van der Waals surface area contributed by atoms with Gasteiger partial charge in [-0.15, -0.1) is 0 Å². The molecule has 0 spiro atoms. The van der Waals surface area contributed by atoms with E-state index in [1.54, 1.807) is 24.2 Å². The van der Waals surface area contributed by atoms with Gasteiger partial charge in [0.25, 0.3) is 0 Å². The minimum absolute atomic E-state index is 0.0412. The molecule has 18 nitrogen and oxygen atoms in total. The van der Waals surface area contributed by atoms with Crippen molar-refractivity contribution in [2.24, 2.45) is 11.8 Å². The number of hydrogen-bond donors (Lipinski definition) is 5. The number of ether oxygens (including phenoxy) is 1. The van der Waals surface area contributed by atoms with Gasteiger partial charge in [-0.3, -0.25) is 0 Å². The Kier molecular flexibility index (Phi) is 15.7. The Morgan fingerprint density at radius 3 is 1.80 bits per heavy atom. The Morgan fingerprint density at radius 1 is 0.767 bits per heavy atom. The second kappa shape index (κ2) is 21.1. The Bertz CT molecular complexity index is 2220. The molecule has 6 N–H and O–H groups in total. The Labute approximate surface area is 351 Å². The lowest BCUT2D eigenvalue weighted by Gasteiger charge is -2.33. The van der Waals surface area contributed by atoms with E-state index in [1.165, 1.54) is 56.9 Å². The Balaban J connectivity index is 0.000000228. The van der Waals surface area contributed by atoms with Crippen LogP contribution in [0.4, 0.5) is 45.1 Å². The third kappa shape index (κ3) is 14.2. The number of piperidine rings is 1. The number of rotatable bonds is 13. The molecule has 5 heterocycles. The molecule has 0 unspecified atom stereocenters. The molecule has 1 saturated heterocycles. The van der Waals surface area contributed by atoms with Crippen LogP contribution in [0.2, 0.25) is 0 Å². The molecule has 2 aliphatic rings. The predicted molar refractivity (Wildman–Crippen MR) is 230 cm³/mol. The van der Waals surface area contributed by atoms with Gasteiger partial charge in [0.1, 0.15) is 41.0 Å². The monoisotopic (exact) mass is 838 g/mol. The molecule has 1 aliphatic heterocycles. The highest BCUT2D eigenvalue weighted by atomic mass is 32.2. The highest BCUT2D eigenvalue weighted by molar-refractivity contribution is 7.90. The molecule has 4 aromatic heterocycles. The largest absolute Gasteiger partial charge is 0.444 e. The van der Waals surface area contributed by atoms with Gasteiger partial charge in [-0.1, -0.05) is 26.2 Å². The van der Waals surface area contributed by atoms with E-state index in [4.69, 9.17) is 21.0 Å². The summed E-state index contributed by atoms with van der Waals surface area (Å²) in [6, 6.07) is 7.47. The molecule has 0 aromatic carbocycles. The highest BCUT2D eigenvalue weighted by Crippen LogP contribution is 2.28. The van der Waals surface area contributed by atoms with Crippen LogP contribution >= 0.6 is 0 Å². The molecule has 0 bridgehead atoms. The first-order valence-corrected chi connectivity index (χ1v) is 21.9. The molecule has 0 atom stereocenters. The van der Waals surface area contributed by atoms with Crippen molar-refractivity contribution in [1.29, 1.82) is 10.5 Å². The number of amides is 1. The van der Waals surface area contributed by atoms with Gasteiger partial charge in [-0.25, -0.2) is 43.1 Å². The zero-order valence-electron chi connectivity index (χ0n) is 34.6. The molecule has 4 aromatic rings. The van der Waals surface area contributed by atoms with Crippen LogP contribution in [0, 0.1) is 34.5 Å². The molecule has 6 rings (SSSR count). The summed E-state index contributed by atoms with van der Waals surface area (Å²) in [6.07, 6.45) is 16.6. The standard InChI is InChI=1S/C21H28N8O2.C20H26N6O2S/c1-21(2,3)31-20(30)29-6-4-14(5-7-29)10-25-17-8-18(27-12-16(17)23)28-19-13-24-15(9-22)11-26-19;1-2-29(27,28)14-16-11-24-19(26-20-13-22-17(9-21)12-25-20)8-18(16)23-10-15-6-4-3-5-7-15/h8,11-14H,4-7,10,23H2,1-3H3,(H2,25,26,27,28);8,11-13,15H,2-7,10,14H2,1H3,(H2,23,24,25,26). The fraction of sp³-hybridized carbons (Fsp3) is 0.488. The Hall–Kier alpha value is -6.34. The number of carbonyl (C=O) groups excluding carboxylic acids is 1. The molecule has 0 radical (unpaired) electrons. The van der Waals surface area contributed by atoms with Crippen LogP contribution in [0.25, 0.3) is 0 Å². The van der Waals surface area contributed by atoms with Crippen molar-refractivity contribution in [1.82, 2.24) is 34.8 Å². The number of nitrogens with zero attached hydrogens (tertiary/aromatic N) is 9. The number of nitrogens with two attached hydrogens (primary N) is 1. The van der Waals surface area contributed by atoms with Gasteiger partial charge in [-0.2, -0.15) is 10.5 Å². The fourth-order valence-corrected chi connectivity index (χ4v) is 7.48. The number of pyridine rings is 2. The van der Waals surface area contributed by atoms with E-state index >= 15 is 0 Å². The van der Waals surface area contributed by atoms with Crippen molar-refractivity contribution < 1.29 is 17.9 Å². The van der Waals surface area contributed by atoms with E-state index in [2.05, 4.69) is 51.2 Å². The second-order valence-corrected chi connectivity index (χ2v) is 18.1. The molecule has 2 fully saturated rings. The number of nitrogen functional groups attached to an aromatic ring is 1. The van der Waals surface area contributed by atoms with E-state index in [0.29, 0.717) is 59.4 Å². The number of likely N-dealkylation sites (tertiary alicyclic amines) is 1. The van der Waals surface area contributed by atoms with Crippen LogP contribution in [0.5, 0.6) is 0 Å². The number of nitriles is 2. The zero-order chi connectivity index (χ0) is 43.1. The third-order valence-corrected chi connectivity index (χ3v) is 11.6. The van der Waals surface area contributed by atoms with Crippen LogP contribution in [-0.2, 0) is 20.3 Å². The lowest BCUT2D eigenvalue weighted by molar-refractivity contribution is 0.0188. The number of aromatic nitrogens is 6. The number of sulfone groups is 1. The molecular formula is C41H54N14O4S. The van der Waals surface area contributed by atoms with Crippen molar-refractivity contribution in [3.05, 3.63) is 66.3 Å². The number of anilines is 7. The quantitative estimate of drug-likeness (QED) is 0.0956. The summed E-state index contributed by atoms with van der Waals surface area (Å²) in [7, 11) is -3.17. The number of carbonyl (C=O) groups is 1. The topological polar surface area (TPSA) is 263 Å². The first-order chi connectivity index (χ1) is 28.7. The van der Waals surface area contributed by atoms with E-state index in [9.17, 15) is 13.2 Å². The number of nitrogens with one attached hydrogen (secondary N) is 4. The third-order valence-electron chi connectivity index (χ3n) is 9.93. The van der Waals surface area contributed by atoms with Crippen molar-refractivity contribution in [2.45, 2.75) is 84.0 Å². The molecule has 1 aliphatic carbocycles. The number of hydrogen-bond acceptors (Lipinski definition) is 17. The predicted octanol–water partition coefficient (Wildman–Crippen LogP) is 6.54. The van der Waals surface area contributed by atoms with Crippen LogP contribution in [0.1, 0.15) is 89.6 Å². The van der Waals surface area contributed by atoms with E-state index in [-0.39, 0.29) is 29.0 Å². The van der Waals surface area contributed by atoms with Crippen molar-refractivity contribution in [3.8, 4) is 12.1 Å². The minimum Gasteiger partial charge on any atom is -0.444 e. The molecular weight excluding hydrogens is 785 g/mol. The van der Waals surface area contributed by atoms with Gasteiger partial charge < -0.3 is 36.6 Å². The maximum atomic E-state index is 12.2. The summed E-state index contributed by atoms with van der Waals surface area (Å²) in [5, 5.41) is 30.6. The van der Waals surface area contributed by atoms with E-state index in [0.717, 1.165) is 37.3 Å². The van der Waals surface area contributed by atoms with Gasteiger partial charge in [-0.05, 0) is 58.3 Å². The zero-order valence-corrected chi connectivity index (χ0v) is 35.4. The van der Waals surface area contributed by atoms with Crippen molar-refractivity contribution in [3.63, 3.8) is 0 Å². The summed E-state index contributed by atoms with van der Waals surface area (Å²) in [5.74, 6) is 3.13. The van der Waals surface area contributed by atoms with Crippen molar-refractivity contribution in [2.75, 3.05) is 58.9 Å². The lowest BCUT2D eigenvalue weighted by Crippen LogP contribution is -2.42. The smallest absolute Gasteiger partial charge is 0.410 e. The lowest BCUT2D eigenvalue weighted by atomic mass is 9.89. The molecule has 1 amide bonds. The summed E-state index contributed by atoms with van der Waals surface area (Å²) in [5.41, 5.74) is 8.82. The minimum atomic E-state index is -3.17. The van der Waals surface area contributed by atoms with E-state index < -0.39 is 15.4 Å². The summed E-state index contributed by atoms with van der Waals surface area (Å²) in [4.78, 5) is 38.8. The molecule has 1 saturated carbocycles. The Morgan fingerprint density at radius 2 is 1.28 bits per heavy atom. The van der Waals surface area contributed by atoms with Crippen molar-refractivity contribution >= 4 is 56.3 Å². The first kappa shape index (κ1) is 44.8. The fourth-order valence-electron chi connectivity index (χ4n) is 6.57. The summed E-state index contributed by atoms with van der Waals surface area (Å²) >= 11 is 0. The maximum Gasteiger partial charge on any atom is 0.410 e. The summed E-state index contributed by atoms with van der Waals surface area (Å²) in [6.45, 7) is 10.2. The van der Waals surface area contributed by atoms with Crippen LogP contribution in [0.3, 0.4) is 0 Å². The average molecular weight is 839 g/mol. The second-order valence-electron chi connectivity index (χ2n) is 15.8. The SMILES string of the molecule is CC(C)(C)OC(=O)N1CCC(CNc2cc(Nc3cnc(C#N)cn3)ncc2N)CC1.CCS(=O)(=O)Cc1cnc(Nc2cnc(C#N)cn2)cc1NCC1CCCCC1. The summed E-state index contributed by atoms with van der Waals surface area (Å²) < 4.78 is 29.7. The molecule has 60 heavy (non-hydrogen) atoms. The maximum absolute atomic E-state index is 12.2. The molecule has 19 heteroatoms. The normalized spacial score (nSPS) is 14.7. The van der Waals surface area contributed by atoms with Gasteiger partial charge in [0.2, 0.25) is 0 Å². The highest BCUT2D eigenvalue weighted by Gasteiger charge is 2.27.